The number of aromatic nitrogens is 1. The van der Waals surface area contributed by atoms with Gasteiger partial charge in [-0.1, -0.05) is 48.5 Å². The zero-order valence-corrected chi connectivity index (χ0v) is 15.4. The predicted molar refractivity (Wildman–Crippen MR) is 107 cm³/mol. The molecule has 0 aliphatic rings. The molecule has 1 unspecified atom stereocenters. The number of rotatable bonds is 5. The number of benzene rings is 2. The molecular weight excluding hydrogens is 364 g/mol. The van der Waals surface area contributed by atoms with Crippen LogP contribution in [0.4, 0.5) is 0 Å². The van der Waals surface area contributed by atoms with E-state index in [1.165, 1.54) is 11.3 Å². The van der Waals surface area contributed by atoms with Crippen LogP contribution in [0.2, 0.25) is 0 Å². The summed E-state index contributed by atoms with van der Waals surface area (Å²) in [6, 6.07) is 17.7. The summed E-state index contributed by atoms with van der Waals surface area (Å²) in [4.78, 5) is 16.7. The Hall–Kier alpha value is -2.54. The molecule has 4 aromatic rings. The minimum atomic E-state index is -0.748. The first-order valence-electron chi connectivity index (χ1n) is 8.16. The first kappa shape index (κ1) is 16.9. The van der Waals surface area contributed by atoms with Gasteiger partial charge < -0.3 is 10.4 Å². The molecule has 0 fully saturated rings. The molecule has 130 valence electrons. The number of nitrogens with one attached hydrogen (secondary N) is 1. The number of thiazole rings is 1. The molecule has 2 aromatic heterocycles. The van der Waals surface area contributed by atoms with E-state index >= 15 is 0 Å². The molecule has 4 rings (SSSR count). The molecule has 2 aromatic carbocycles. The van der Waals surface area contributed by atoms with E-state index in [1.807, 2.05) is 60.0 Å². The Balaban J connectivity index is 1.43. The van der Waals surface area contributed by atoms with E-state index in [2.05, 4.69) is 10.3 Å². The molecule has 26 heavy (non-hydrogen) atoms. The molecule has 1 atom stereocenters. The van der Waals surface area contributed by atoms with Crippen molar-refractivity contribution < 1.29 is 9.90 Å². The normalized spacial score (nSPS) is 12.2. The van der Waals surface area contributed by atoms with Crippen LogP contribution in [0.25, 0.3) is 20.7 Å². The van der Waals surface area contributed by atoms with Crippen molar-refractivity contribution in [1.82, 2.24) is 10.3 Å². The highest BCUT2D eigenvalue weighted by molar-refractivity contribution is 7.17. The van der Waals surface area contributed by atoms with Crippen molar-refractivity contribution in [2.24, 2.45) is 0 Å². The van der Waals surface area contributed by atoms with Crippen LogP contribution in [0, 0.1) is 0 Å². The lowest BCUT2D eigenvalue weighted by Gasteiger charge is -2.10. The van der Waals surface area contributed by atoms with Gasteiger partial charge in [-0.25, -0.2) is 4.98 Å². The van der Waals surface area contributed by atoms with E-state index in [0.717, 1.165) is 26.2 Å². The van der Waals surface area contributed by atoms with Crippen LogP contribution in [0.5, 0.6) is 0 Å². The molecule has 0 aliphatic carbocycles. The van der Waals surface area contributed by atoms with Gasteiger partial charge in [-0.15, -0.1) is 22.7 Å². The van der Waals surface area contributed by atoms with Gasteiger partial charge >= 0.3 is 0 Å². The quantitative estimate of drug-likeness (QED) is 0.536. The molecule has 0 bridgehead atoms. The smallest absolute Gasteiger partial charge is 0.270 e. The third-order valence-electron chi connectivity index (χ3n) is 4.08. The second kappa shape index (κ2) is 7.37. The van der Waals surface area contributed by atoms with Crippen molar-refractivity contribution >= 4 is 38.7 Å². The molecule has 2 heterocycles. The second-order valence-electron chi connectivity index (χ2n) is 5.82. The minimum Gasteiger partial charge on any atom is -0.387 e. The fraction of sp³-hybridized carbons (Fsp3) is 0.100. The average Bonchev–Trinajstić information content (AvgIpc) is 3.34. The van der Waals surface area contributed by atoms with Crippen LogP contribution in [0.1, 0.15) is 22.2 Å². The van der Waals surface area contributed by atoms with Gasteiger partial charge in [-0.05, 0) is 16.8 Å². The number of thiophene rings is 1. The van der Waals surface area contributed by atoms with Crippen molar-refractivity contribution in [1.29, 1.82) is 0 Å². The van der Waals surface area contributed by atoms with Gasteiger partial charge in [0.1, 0.15) is 10.7 Å². The Morgan fingerprint density at radius 3 is 2.65 bits per heavy atom. The summed E-state index contributed by atoms with van der Waals surface area (Å²) >= 11 is 3.02. The van der Waals surface area contributed by atoms with Crippen LogP contribution in [-0.4, -0.2) is 22.5 Å². The number of fused-ring (bicyclic) bond motifs is 1. The third kappa shape index (κ3) is 3.39. The van der Waals surface area contributed by atoms with Crippen molar-refractivity contribution in [3.8, 4) is 10.6 Å². The van der Waals surface area contributed by atoms with Gasteiger partial charge in [0, 0.05) is 27.8 Å². The molecule has 0 saturated heterocycles. The first-order valence-corrected chi connectivity index (χ1v) is 9.91. The number of amides is 1. The Morgan fingerprint density at radius 2 is 1.81 bits per heavy atom. The summed E-state index contributed by atoms with van der Waals surface area (Å²) in [5, 5.41) is 18.8. The molecule has 0 aliphatic heterocycles. The number of hydrogen-bond donors (Lipinski definition) is 2. The van der Waals surface area contributed by atoms with Crippen molar-refractivity contribution in [3.05, 3.63) is 76.6 Å². The summed E-state index contributed by atoms with van der Waals surface area (Å²) in [5.74, 6) is -0.276. The maximum absolute atomic E-state index is 12.4. The zero-order chi connectivity index (χ0) is 17.9. The highest BCUT2D eigenvalue weighted by atomic mass is 32.1. The third-order valence-corrected chi connectivity index (χ3v) is 5.96. The number of aliphatic hydroxyl groups is 1. The Morgan fingerprint density at radius 1 is 1.04 bits per heavy atom. The monoisotopic (exact) mass is 380 g/mol. The lowest BCUT2D eigenvalue weighted by Crippen LogP contribution is -2.28. The van der Waals surface area contributed by atoms with Crippen LogP contribution in [-0.2, 0) is 0 Å². The van der Waals surface area contributed by atoms with Gasteiger partial charge in [-0.2, -0.15) is 0 Å². The molecule has 2 N–H and O–H groups in total. The first-order chi connectivity index (χ1) is 12.7. The van der Waals surface area contributed by atoms with Gasteiger partial charge in [0.05, 0.1) is 6.10 Å². The number of carbonyl (C=O) groups excluding carboxylic acids is 1. The highest BCUT2D eigenvalue weighted by Gasteiger charge is 2.16. The minimum absolute atomic E-state index is 0.151. The van der Waals surface area contributed by atoms with Crippen molar-refractivity contribution in [3.63, 3.8) is 0 Å². The summed E-state index contributed by atoms with van der Waals surface area (Å²) in [5.41, 5.74) is 2.20. The SMILES string of the molecule is O=C(NCC(O)c1csc2ccccc12)c1csc(-c2ccccc2)n1. The molecule has 0 spiro atoms. The predicted octanol–water partition coefficient (Wildman–Crippen LogP) is 4.49. The van der Waals surface area contributed by atoms with Crippen LogP contribution in [0.3, 0.4) is 0 Å². The Labute approximate surface area is 158 Å². The van der Waals surface area contributed by atoms with E-state index in [4.69, 9.17) is 0 Å². The lowest BCUT2D eigenvalue weighted by atomic mass is 10.1. The van der Waals surface area contributed by atoms with E-state index in [-0.39, 0.29) is 12.5 Å². The fourth-order valence-corrected chi connectivity index (χ4v) is 4.55. The average molecular weight is 380 g/mol. The van der Waals surface area contributed by atoms with Crippen LogP contribution < -0.4 is 5.32 Å². The van der Waals surface area contributed by atoms with E-state index < -0.39 is 6.10 Å². The second-order valence-corrected chi connectivity index (χ2v) is 7.59. The van der Waals surface area contributed by atoms with E-state index in [1.54, 1.807) is 16.7 Å². The molecule has 0 radical (unpaired) electrons. The lowest BCUT2D eigenvalue weighted by molar-refractivity contribution is 0.0913. The number of carbonyl (C=O) groups is 1. The topological polar surface area (TPSA) is 62.2 Å². The van der Waals surface area contributed by atoms with Crippen LogP contribution in [0.15, 0.2) is 65.4 Å². The van der Waals surface area contributed by atoms with Crippen LogP contribution >= 0.6 is 22.7 Å². The molecule has 0 saturated carbocycles. The van der Waals surface area contributed by atoms with Gasteiger partial charge in [0.25, 0.3) is 5.91 Å². The van der Waals surface area contributed by atoms with E-state index in [9.17, 15) is 9.90 Å². The zero-order valence-electron chi connectivity index (χ0n) is 13.8. The van der Waals surface area contributed by atoms with Crippen molar-refractivity contribution in [2.45, 2.75) is 6.10 Å². The fourth-order valence-electron chi connectivity index (χ4n) is 2.74. The van der Waals surface area contributed by atoms with Gasteiger partial charge in [-0.3, -0.25) is 4.79 Å². The molecule has 1 amide bonds. The van der Waals surface area contributed by atoms with Crippen molar-refractivity contribution in [2.75, 3.05) is 6.54 Å². The van der Waals surface area contributed by atoms with E-state index in [0.29, 0.717) is 5.69 Å². The standard InChI is InChI=1S/C20H16N2O2S2/c23-17(15-11-25-18-9-5-4-8-14(15)18)10-21-19(24)16-12-26-20(22-16)13-6-2-1-3-7-13/h1-9,11-12,17,23H,10H2,(H,21,24). The summed E-state index contributed by atoms with van der Waals surface area (Å²) in [7, 11) is 0. The molecular formula is C20H16N2O2S2. The number of hydrogen-bond acceptors (Lipinski definition) is 5. The molecule has 6 heteroatoms. The Kier molecular flexibility index (Phi) is 4.79. The largest absolute Gasteiger partial charge is 0.387 e. The van der Waals surface area contributed by atoms with Gasteiger partial charge in [0.2, 0.25) is 0 Å². The maximum atomic E-state index is 12.4. The van der Waals surface area contributed by atoms with Gasteiger partial charge in [0.15, 0.2) is 0 Å². The number of nitrogens with zero attached hydrogens (tertiary/aromatic N) is 1. The Bertz CT molecular complexity index is 1040. The summed E-state index contributed by atoms with van der Waals surface area (Å²) < 4.78 is 1.12. The summed E-state index contributed by atoms with van der Waals surface area (Å²) in [6.45, 7) is 0.151. The summed E-state index contributed by atoms with van der Waals surface area (Å²) in [6.07, 6.45) is -0.748. The molecule has 4 nitrogen and oxygen atoms in total. The maximum Gasteiger partial charge on any atom is 0.270 e. The number of aliphatic hydroxyl groups excluding tert-OH is 1. The highest BCUT2D eigenvalue weighted by Crippen LogP contribution is 2.30.